The first-order valence-electron chi connectivity index (χ1n) is 6.02. The van der Waals surface area contributed by atoms with Crippen molar-refractivity contribution in [2.45, 2.75) is 6.92 Å². The fourth-order valence-electron chi connectivity index (χ4n) is 1.84. The van der Waals surface area contributed by atoms with Gasteiger partial charge in [0.2, 0.25) is 0 Å². The molecule has 0 aliphatic carbocycles. The Hall–Kier alpha value is -2.26. The monoisotopic (exact) mass is 338 g/mol. The number of thioether (sulfide) groups is 1. The Morgan fingerprint density at radius 2 is 2.23 bits per heavy atom. The second-order valence-corrected chi connectivity index (χ2v) is 6.14. The SMILES string of the molecule is Cc1ccc(/C=C2\SC(=S)N(CC(=O)O)C2=O)cc1[N+](=O)[O-]. The predicted octanol–water partition coefficient (Wildman–Crippen LogP) is 2.19. The zero-order chi connectivity index (χ0) is 16.4. The van der Waals surface area contributed by atoms with Crippen LogP contribution in [0, 0.1) is 17.0 Å². The summed E-state index contributed by atoms with van der Waals surface area (Å²) >= 11 is 5.95. The average molecular weight is 338 g/mol. The number of carbonyl (C=O) groups is 2. The van der Waals surface area contributed by atoms with Crippen molar-refractivity contribution in [1.82, 2.24) is 4.90 Å². The van der Waals surface area contributed by atoms with E-state index in [1.54, 1.807) is 19.1 Å². The summed E-state index contributed by atoms with van der Waals surface area (Å²) in [6.07, 6.45) is 1.47. The number of nitro groups is 1. The highest BCUT2D eigenvalue weighted by molar-refractivity contribution is 8.26. The summed E-state index contributed by atoms with van der Waals surface area (Å²) in [6, 6.07) is 4.59. The van der Waals surface area contributed by atoms with E-state index in [-0.39, 0.29) is 14.9 Å². The molecular weight excluding hydrogens is 328 g/mol. The van der Waals surface area contributed by atoms with E-state index in [0.29, 0.717) is 11.1 Å². The third-order valence-corrected chi connectivity index (χ3v) is 4.27. The molecule has 1 aromatic carbocycles. The van der Waals surface area contributed by atoms with E-state index in [4.69, 9.17) is 17.3 Å². The Balaban J connectivity index is 2.33. The van der Waals surface area contributed by atoms with Gasteiger partial charge < -0.3 is 5.11 Å². The van der Waals surface area contributed by atoms with Crippen molar-refractivity contribution in [2.75, 3.05) is 6.54 Å². The summed E-state index contributed by atoms with van der Waals surface area (Å²) in [4.78, 5) is 34.4. The first-order valence-corrected chi connectivity index (χ1v) is 7.24. The van der Waals surface area contributed by atoms with E-state index in [1.807, 2.05) is 0 Å². The van der Waals surface area contributed by atoms with Gasteiger partial charge in [-0.25, -0.2) is 0 Å². The number of hydrogen-bond acceptors (Lipinski definition) is 6. The predicted molar refractivity (Wildman–Crippen MR) is 85.3 cm³/mol. The third kappa shape index (κ3) is 3.31. The van der Waals surface area contributed by atoms with Gasteiger partial charge in [-0.1, -0.05) is 36.1 Å². The highest BCUT2D eigenvalue weighted by Gasteiger charge is 2.33. The molecule has 1 heterocycles. The quantitative estimate of drug-likeness (QED) is 0.389. The molecular formula is C13H10N2O5S2. The lowest BCUT2D eigenvalue weighted by atomic mass is 10.1. The number of thiocarbonyl (C=S) groups is 1. The molecule has 0 aromatic heterocycles. The van der Waals surface area contributed by atoms with Crippen LogP contribution in [0.5, 0.6) is 0 Å². The molecule has 0 radical (unpaired) electrons. The molecule has 22 heavy (non-hydrogen) atoms. The van der Waals surface area contributed by atoms with Gasteiger partial charge in [0.15, 0.2) is 0 Å². The third-order valence-electron chi connectivity index (χ3n) is 2.89. The number of nitro benzene ring substituents is 1. The van der Waals surface area contributed by atoms with Crippen LogP contribution in [0.3, 0.4) is 0 Å². The van der Waals surface area contributed by atoms with Gasteiger partial charge in [0.05, 0.1) is 9.83 Å². The standard InChI is InChI=1S/C13H10N2O5S2/c1-7-2-3-8(4-9(7)15(19)20)5-10-12(18)14(6-11(16)17)13(21)22-10/h2-5H,6H2,1H3,(H,16,17)/b10-5-. The second kappa shape index (κ2) is 6.24. The highest BCUT2D eigenvalue weighted by atomic mass is 32.2. The van der Waals surface area contributed by atoms with Crippen LogP contribution in [0.15, 0.2) is 23.1 Å². The molecule has 0 atom stereocenters. The zero-order valence-corrected chi connectivity index (χ0v) is 12.9. The van der Waals surface area contributed by atoms with Crippen LogP contribution in [0.2, 0.25) is 0 Å². The molecule has 0 saturated carbocycles. The van der Waals surface area contributed by atoms with Crippen LogP contribution < -0.4 is 0 Å². The minimum absolute atomic E-state index is 0.0465. The lowest BCUT2D eigenvalue weighted by Crippen LogP contribution is -2.33. The van der Waals surface area contributed by atoms with E-state index >= 15 is 0 Å². The van der Waals surface area contributed by atoms with Crippen molar-refractivity contribution in [3.05, 3.63) is 44.3 Å². The van der Waals surface area contributed by atoms with Crippen molar-refractivity contribution >= 4 is 51.9 Å². The molecule has 0 unspecified atom stereocenters. The second-order valence-electron chi connectivity index (χ2n) is 4.46. The average Bonchev–Trinajstić information content (AvgIpc) is 2.68. The molecule has 7 nitrogen and oxygen atoms in total. The molecule has 114 valence electrons. The lowest BCUT2D eigenvalue weighted by molar-refractivity contribution is -0.385. The van der Waals surface area contributed by atoms with Crippen LogP contribution in [0.1, 0.15) is 11.1 Å². The molecule has 1 amide bonds. The Bertz CT molecular complexity index is 729. The zero-order valence-electron chi connectivity index (χ0n) is 11.3. The molecule has 1 N–H and O–H groups in total. The lowest BCUT2D eigenvalue weighted by Gasteiger charge is -2.10. The van der Waals surface area contributed by atoms with Gasteiger partial charge in [0, 0.05) is 11.6 Å². The van der Waals surface area contributed by atoms with Crippen LogP contribution in [0.25, 0.3) is 6.08 Å². The van der Waals surface area contributed by atoms with Gasteiger partial charge in [-0.3, -0.25) is 24.6 Å². The van der Waals surface area contributed by atoms with Crippen LogP contribution in [-0.2, 0) is 9.59 Å². The summed E-state index contributed by atoms with van der Waals surface area (Å²) in [6.45, 7) is 1.12. The molecule has 1 aliphatic rings. The van der Waals surface area contributed by atoms with Gasteiger partial charge in [0.1, 0.15) is 10.9 Å². The van der Waals surface area contributed by atoms with E-state index in [2.05, 4.69) is 0 Å². The normalized spacial score (nSPS) is 16.4. The highest BCUT2D eigenvalue weighted by Crippen LogP contribution is 2.33. The first kappa shape index (κ1) is 16.1. The Labute approximate surface area is 134 Å². The van der Waals surface area contributed by atoms with Crippen LogP contribution >= 0.6 is 24.0 Å². The smallest absolute Gasteiger partial charge is 0.323 e. The maximum atomic E-state index is 12.1. The van der Waals surface area contributed by atoms with Gasteiger partial charge in [-0.05, 0) is 18.6 Å². The summed E-state index contributed by atoms with van der Waals surface area (Å²) in [7, 11) is 0. The van der Waals surface area contributed by atoms with E-state index < -0.39 is 23.3 Å². The first-order chi connectivity index (χ1) is 10.3. The van der Waals surface area contributed by atoms with E-state index in [1.165, 1.54) is 12.1 Å². The van der Waals surface area contributed by atoms with Crippen LogP contribution in [-0.4, -0.2) is 37.7 Å². The van der Waals surface area contributed by atoms with Gasteiger partial charge in [-0.2, -0.15) is 0 Å². The van der Waals surface area contributed by atoms with Crippen molar-refractivity contribution < 1.29 is 19.6 Å². The Morgan fingerprint density at radius 1 is 1.55 bits per heavy atom. The summed E-state index contributed by atoms with van der Waals surface area (Å²) < 4.78 is 0.153. The van der Waals surface area contributed by atoms with Gasteiger partial charge in [-0.15, -0.1) is 0 Å². The number of carboxylic acids is 1. The number of aliphatic carboxylic acids is 1. The molecule has 1 saturated heterocycles. The van der Waals surface area contributed by atoms with E-state index in [0.717, 1.165) is 16.7 Å². The topological polar surface area (TPSA) is 101 Å². The number of rotatable bonds is 4. The number of benzene rings is 1. The number of carboxylic acid groups (broad SMARTS) is 1. The minimum atomic E-state index is -1.16. The molecule has 0 bridgehead atoms. The number of carbonyl (C=O) groups excluding carboxylic acids is 1. The summed E-state index contributed by atoms with van der Waals surface area (Å²) in [5.41, 5.74) is 0.948. The van der Waals surface area contributed by atoms with Crippen molar-refractivity contribution in [1.29, 1.82) is 0 Å². The van der Waals surface area contributed by atoms with Gasteiger partial charge in [0.25, 0.3) is 11.6 Å². The summed E-state index contributed by atoms with van der Waals surface area (Å²) in [5, 5.41) is 19.7. The minimum Gasteiger partial charge on any atom is -0.480 e. The number of aryl methyl sites for hydroxylation is 1. The molecule has 1 aliphatic heterocycles. The number of amides is 1. The van der Waals surface area contributed by atoms with Gasteiger partial charge >= 0.3 is 5.97 Å². The largest absolute Gasteiger partial charge is 0.480 e. The molecule has 1 aromatic rings. The fourth-order valence-corrected chi connectivity index (χ4v) is 3.09. The fraction of sp³-hybridized carbons (Fsp3) is 0.154. The van der Waals surface area contributed by atoms with E-state index in [9.17, 15) is 19.7 Å². The Kier molecular flexibility index (Phi) is 4.57. The molecule has 1 fully saturated rings. The number of nitrogens with zero attached hydrogens (tertiary/aromatic N) is 2. The maximum Gasteiger partial charge on any atom is 0.323 e. The van der Waals surface area contributed by atoms with Crippen molar-refractivity contribution in [3.8, 4) is 0 Å². The molecule has 9 heteroatoms. The Morgan fingerprint density at radius 3 is 2.82 bits per heavy atom. The molecule has 2 rings (SSSR count). The number of hydrogen-bond donors (Lipinski definition) is 1. The molecule has 0 spiro atoms. The van der Waals surface area contributed by atoms with Crippen LogP contribution in [0.4, 0.5) is 5.69 Å². The van der Waals surface area contributed by atoms with Crippen molar-refractivity contribution in [3.63, 3.8) is 0 Å². The van der Waals surface area contributed by atoms with Crippen molar-refractivity contribution in [2.24, 2.45) is 0 Å². The maximum absolute atomic E-state index is 12.1. The summed E-state index contributed by atoms with van der Waals surface area (Å²) in [5.74, 6) is -1.68.